The fourth-order valence-electron chi connectivity index (χ4n) is 2.03. The number of aromatic nitrogens is 1. The second-order valence-electron chi connectivity index (χ2n) is 5.43. The molecule has 0 unspecified atom stereocenters. The SMILES string of the molecule is CN(Cc1csc(Br)c1)c1ccc(N)c(OCC2CC2)n1. The Hall–Kier alpha value is -1.27. The molecule has 0 amide bonds. The van der Waals surface area contributed by atoms with Crippen LogP contribution in [0.15, 0.2) is 27.4 Å². The molecule has 4 nitrogen and oxygen atoms in total. The molecule has 1 fully saturated rings. The van der Waals surface area contributed by atoms with Crippen LogP contribution in [0.25, 0.3) is 0 Å². The second-order valence-corrected chi connectivity index (χ2v) is 7.72. The molecule has 1 aliphatic rings. The smallest absolute Gasteiger partial charge is 0.239 e. The molecule has 1 aliphatic carbocycles. The quantitative estimate of drug-likeness (QED) is 0.840. The third kappa shape index (κ3) is 3.89. The molecule has 0 spiro atoms. The number of pyridine rings is 1. The first-order valence-corrected chi connectivity index (χ1v) is 8.62. The van der Waals surface area contributed by atoms with Gasteiger partial charge in [-0.1, -0.05) is 0 Å². The number of halogens is 1. The van der Waals surface area contributed by atoms with Crippen molar-refractivity contribution in [3.05, 3.63) is 32.9 Å². The Kier molecular flexibility index (Phi) is 4.35. The van der Waals surface area contributed by atoms with E-state index >= 15 is 0 Å². The van der Waals surface area contributed by atoms with Crippen LogP contribution in [0, 0.1) is 5.92 Å². The molecule has 112 valence electrons. The van der Waals surface area contributed by atoms with Gasteiger partial charge in [-0.3, -0.25) is 0 Å². The van der Waals surface area contributed by atoms with Crippen molar-refractivity contribution in [2.75, 3.05) is 24.3 Å². The molecule has 1 saturated carbocycles. The van der Waals surface area contributed by atoms with Crippen molar-refractivity contribution in [2.45, 2.75) is 19.4 Å². The molecular weight excluding hydrogens is 350 g/mol. The van der Waals surface area contributed by atoms with E-state index in [-0.39, 0.29) is 0 Å². The van der Waals surface area contributed by atoms with Gasteiger partial charge < -0.3 is 15.4 Å². The minimum Gasteiger partial charge on any atom is -0.476 e. The maximum absolute atomic E-state index is 5.94. The molecule has 3 rings (SSSR count). The predicted octanol–water partition coefficient (Wildman–Crippen LogP) is 3.91. The fourth-order valence-corrected chi connectivity index (χ4v) is 3.23. The van der Waals surface area contributed by atoms with E-state index in [0.717, 1.165) is 22.8 Å². The molecule has 2 N–H and O–H groups in total. The van der Waals surface area contributed by atoms with Crippen LogP contribution in [0.5, 0.6) is 5.88 Å². The Morgan fingerprint density at radius 2 is 2.29 bits per heavy atom. The lowest BCUT2D eigenvalue weighted by Crippen LogP contribution is -2.18. The van der Waals surface area contributed by atoms with Crippen LogP contribution >= 0.6 is 27.3 Å². The fraction of sp³-hybridized carbons (Fsp3) is 0.400. The zero-order valence-electron chi connectivity index (χ0n) is 11.9. The standard InChI is InChI=1S/C15H18BrN3OS/c1-19(7-11-6-13(16)21-9-11)14-5-4-12(17)15(18-14)20-8-10-2-3-10/h4-6,9-10H,2-3,7-8,17H2,1H3. The van der Waals surface area contributed by atoms with E-state index in [0.29, 0.717) is 17.5 Å². The summed E-state index contributed by atoms with van der Waals surface area (Å²) in [5.41, 5.74) is 7.80. The Morgan fingerprint density at radius 3 is 2.95 bits per heavy atom. The first kappa shape index (κ1) is 14.7. The van der Waals surface area contributed by atoms with E-state index in [1.165, 1.54) is 18.4 Å². The van der Waals surface area contributed by atoms with E-state index in [1.54, 1.807) is 11.3 Å². The van der Waals surface area contributed by atoms with Crippen LogP contribution in [0.3, 0.4) is 0 Å². The number of nitrogens with zero attached hydrogens (tertiary/aromatic N) is 2. The number of thiophene rings is 1. The minimum absolute atomic E-state index is 0.553. The van der Waals surface area contributed by atoms with Gasteiger partial charge in [-0.2, -0.15) is 4.98 Å². The first-order chi connectivity index (χ1) is 10.1. The van der Waals surface area contributed by atoms with Crippen LogP contribution in [-0.4, -0.2) is 18.6 Å². The number of rotatable bonds is 6. The molecule has 21 heavy (non-hydrogen) atoms. The lowest BCUT2D eigenvalue weighted by Gasteiger charge is -2.19. The second kappa shape index (κ2) is 6.23. The summed E-state index contributed by atoms with van der Waals surface area (Å²) in [7, 11) is 2.02. The lowest BCUT2D eigenvalue weighted by molar-refractivity contribution is 0.290. The molecule has 2 heterocycles. The van der Waals surface area contributed by atoms with Crippen molar-refractivity contribution in [3.8, 4) is 5.88 Å². The van der Waals surface area contributed by atoms with Crippen molar-refractivity contribution in [3.63, 3.8) is 0 Å². The van der Waals surface area contributed by atoms with Gasteiger partial charge in [-0.25, -0.2) is 0 Å². The minimum atomic E-state index is 0.553. The highest BCUT2D eigenvalue weighted by Crippen LogP contribution is 2.31. The van der Waals surface area contributed by atoms with Gasteiger partial charge in [0.05, 0.1) is 16.1 Å². The zero-order valence-corrected chi connectivity index (χ0v) is 14.3. The van der Waals surface area contributed by atoms with Gasteiger partial charge in [-0.05, 0) is 63.8 Å². The van der Waals surface area contributed by atoms with Gasteiger partial charge in [0, 0.05) is 13.6 Å². The summed E-state index contributed by atoms with van der Waals surface area (Å²) in [6.45, 7) is 1.53. The molecule has 0 bridgehead atoms. The summed E-state index contributed by atoms with van der Waals surface area (Å²) in [6, 6.07) is 5.92. The third-order valence-electron chi connectivity index (χ3n) is 3.46. The Balaban J connectivity index is 1.69. The normalized spacial score (nSPS) is 14.2. The third-order valence-corrected chi connectivity index (χ3v) is 5.01. The Morgan fingerprint density at radius 1 is 1.48 bits per heavy atom. The van der Waals surface area contributed by atoms with E-state index in [9.17, 15) is 0 Å². The highest BCUT2D eigenvalue weighted by atomic mass is 79.9. The summed E-state index contributed by atoms with van der Waals surface area (Å²) in [6.07, 6.45) is 2.51. The number of hydrogen-bond donors (Lipinski definition) is 1. The topological polar surface area (TPSA) is 51.4 Å². The number of nitrogen functional groups attached to an aromatic ring is 1. The van der Waals surface area contributed by atoms with Crippen molar-refractivity contribution < 1.29 is 4.74 Å². The van der Waals surface area contributed by atoms with E-state index < -0.39 is 0 Å². The molecular formula is C15H18BrN3OS. The maximum Gasteiger partial charge on any atom is 0.239 e. The van der Waals surface area contributed by atoms with Gasteiger partial charge in [0.2, 0.25) is 5.88 Å². The maximum atomic E-state index is 5.94. The van der Waals surface area contributed by atoms with Crippen LogP contribution in [-0.2, 0) is 6.54 Å². The summed E-state index contributed by atoms with van der Waals surface area (Å²) in [5.74, 6) is 2.12. The zero-order chi connectivity index (χ0) is 14.8. The van der Waals surface area contributed by atoms with Crippen molar-refractivity contribution >= 4 is 38.8 Å². The number of anilines is 2. The number of hydrogen-bond acceptors (Lipinski definition) is 5. The molecule has 2 aromatic rings. The van der Waals surface area contributed by atoms with Gasteiger partial charge >= 0.3 is 0 Å². The number of nitrogens with two attached hydrogens (primary N) is 1. The Bertz CT molecular complexity index is 627. The first-order valence-electron chi connectivity index (χ1n) is 6.95. The van der Waals surface area contributed by atoms with E-state index in [4.69, 9.17) is 10.5 Å². The predicted molar refractivity (Wildman–Crippen MR) is 91.0 cm³/mol. The van der Waals surface area contributed by atoms with Crippen molar-refractivity contribution in [1.82, 2.24) is 4.98 Å². The van der Waals surface area contributed by atoms with Gasteiger partial charge in [0.1, 0.15) is 5.82 Å². The summed E-state index contributed by atoms with van der Waals surface area (Å²) in [5, 5.41) is 2.14. The van der Waals surface area contributed by atoms with Crippen LogP contribution in [0.4, 0.5) is 11.5 Å². The lowest BCUT2D eigenvalue weighted by atomic mass is 10.3. The van der Waals surface area contributed by atoms with Gasteiger partial charge in [0.25, 0.3) is 0 Å². The van der Waals surface area contributed by atoms with E-state index in [2.05, 4.69) is 37.3 Å². The molecule has 0 aliphatic heterocycles. The summed E-state index contributed by atoms with van der Waals surface area (Å²) < 4.78 is 6.88. The molecule has 6 heteroatoms. The molecule has 0 saturated heterocycles. The van der Waals surface area contributed by atoms with Crippen LogP contribution in [0.2, 0.25) is 0 Å². The van der Waals surface area contributed by atoms with Crippen molar-refractivity contribution in [2.24, 2.45) is 5.92 Å². The average molecular weight is 368 g/mol. The monoisotopic (exact) mass is 367 g/mol. The van der Waals surface area contributed by atoms with Crippen molar-refractivity contribution in [1.29, 1.82) is 0 Å². The number of ether oxygens (including phenoxy) is 1. The van der Waals surface area contributed by atoms with Crippen LogP contribution in [0.1, 0.15) is 18.4 Å². The molecule has 0 radical (unpaired) electrons. The van der Waals surface area contributed by atoms with Gasteiger partial charge in [0.15, 0.2) is 0 Å². The molecule has 0 aromatic carbocycles. The largest absolute Gasteiger partial charge is 0.476 e. The highest BCUT2D eigenvalue weighted by Gasteiger charge is 2.22. The molecule has 0 atom stereocenters. The van der Waals surface area contributed by atoms with Crippen LogP contribution < -0.4 is 15.4 Å². The summed E-state index contributed by atoms with van der Waals surface area (Å²) >= 11 is 5.18. The van der Waals surface area contributed by atoms with Gasteiger partial charge in [-0.15, -0.1) is 11.3 Å². The summed E-state index contributed by atoms with van der Waals surface area (Å²) in [4.78, 5) is 6.64. The highest BCUT2D eigenvalue weighted by molar-refractivity contribution is 9.11. The molecule has 2 aromatic heterocycles. The Labute approximate surface area is 137 Å². The van der Waals surface area contributed by atoms with E-state index in [1.807, 2.05) is 19.2 Å². The average Bonchev–Trinajstić information content (AvgIpc) is 3.20.